The number of nitrogens with zero attached hydrogens (tertiary/aromatic N) is 6. The number of methoxy groups -OCH3 is 1. The molecule has 0 bridgehead atoms. The second-order valence-corrected chi connectivity index (χ2v) is 7.99. The molecule has 0 unspecified atom stereocenters. The maximum absolute atomic E-state index is 11.8. The van der Waals surface area contributed by atoms with E-state index in [4.69, 9.17) is 9.26 Å². The molecule has 0 aliphatic carbocycles. The van der Waals surface area contributed by atoms with Gasteiger partial charge in [-0.15, -0.1) is 0 Å². The van der Waals surface area contributed by atoms with Crippen LogP contribution < -0.4 is 4.74 Å². The van der Waals surface area contributed by atoms with Crippen LogP contribution in [0.25, 0.3) is 28.5 Å². The van der Waals surface area contributed by atoms with Gasteiger partial charge in [-0.25, -0.2) is 4.98 Å². The molecular formula is C22H21N7O3. The molecule has 1 aromatic carbocycles. The highest BCUT2D eigenvalue weighted by molar-refractivity contribution is 5.78. The van der Waals surface area contributed by atoms with Gasteiger partial charge in [0, 0.05) is 43.5 Å². The van der Waals surface area contributed by atoms with Crippen molar-refractivity contribution in [1.29, 1.82) is 0 Å². The lowest BCUT2D eigenvalue weighted by atomic mass is 10.0. The van der Waals surface area contributed by atoms with E-state index in [9.17, 15) is 4.79 Å². The molecule has 1 N–H and O–H groups in total. The van der Waals surface area contributed by atoms with Crippen molar-refractivity contribution in [3.63, 3.8) is 0 Å². The quantitative estimate of drug-likeness (QED) is 0.454. The summed E-state index contributed by atoms with van der Waals surface area (Å²) in [6, 6.07) is 5.93. The van der Waals surface area contributed by atoms with Crippen LogP contribution in [0.4, 0.5) is 0 Å². The minimum absolute atomic E-state index is 0.190. The predicted molar refractivity (Wildman–Crippen MR) is 113 cm³/mol. The summed E-state index contributed by atoms with van der Waals surface area (Å²) in [5.74, 6) is 1.91. The van der Waals surface area contributed by atoms with Crippen LogP contribution in [-0.4, -0.2) is 60.9 Å². The van der Waals surface area contributed by atoms with Gasteiger partial charge in [0.2, 0.25) is 17.6 Å². The van der Waals surface area contributed by atoms with Crippen LogP contribution in [0.3, 0.4) is 0 Å². The molecule has 0 atom stereocenters. The molecule has 32 heavy (non-hydrogen) atoms. The highest BCUT2D eigenvalue weighted by atomic mass is 16.5. The lowest BCUT2D eigenvalue weighted by Crippen LogP contribution is -2.26. The zero-order valence-corrected chi connectivity index (χ0v) is 17.5. The monoisotopic (exact) mass is 431 g/mol. The average Bonchev–Trinajstić information content (AvgIpc) is 3.59. The van der Waals surface area contributed by atoms with E-state index in [1.807, 2.05) is 29.3 Å². The Kier molecular flexibility index (Phi) is 4.30. The number of carbonyl (C=O) groups is 1. The lowest BCUT2D eigenvalue weighted by Gasteiger charge is -2.13. The number of aromatic nitrogens is 6. The highest BCUT2D eigenvalue weighted by Gasteiger charge is 2.27. The number of likely N-dealkylation sites (tertiary alicyclic amines) is 1. The molecule has 1 saturated heterocycles. The Hall–Kier alpha value is -3.95. The number of aromatic amines is 1. The first-order chi connectivity index (χ1) is 15.7. The van der Waals surface area contributed by atoms with Crippen molar-refractivity contribution >= 4 is 5.91 Å². The fourth-order valence-electron chi connectivity index (χ4n) is 4.47. The van der Waals surface area contributed by atoms with E-state index < -0.39 is 0 Å². The minimum Gasteiger partial charge on any atom is -0.497 e. The third kappa shape index (κ3) is 2.98. The number of benzene rings is 1. The first-order valence-corrected chi connectivity index (χ1v) is 10.6. The molecule has 6 rings (SSSR count). The first kappa shape index (κ1) is 18.8. The zero-order chi connectivity index (χ0) is 21.7. The molecule has 0 radical (unpaired) electrons. The second-order valence-electron chi connectivity index (χ2n) is 7.99. The number of nitrogens with one attached hydrogen (secondary N) is 1. The fourth-order valence-corrected chi connectivity index (χ4v) is 4.47. The number of hydrogen-bond donors (Lipinski definition) is 1. The van der Waals surface area contributed by atoms with Gasteiger partial charge in [0.15, 0.2) is 0 Å². The van der Waals surface area contributed by atoms with E-state index >= 15 is 0 Å². The van der Waals surface area contributed by atoms with Crippen LogP contribution in [0.2, 0.25) is 0 Å². The average molecular weight is 431 g/mol. The number of carbonyl (C=O) groups excluding carboxylic acids is 1. The molecule has 5 heterocycles. The number of fused-ring (bicyclic) bond motifs is 5. The summed E-state index contributed by atoms with van der Waals surface area (Å²) in [7, 11) is 1.65. The molecular weight excluding hydrogens is 410 g/mol. The van der Waals surface area contributed by atoms with Crippen LogP contribution in [0.1, 0.15) is 30.0 Å². The van der Waals surface area contributed by atoms with E-state index in [-0.39, 0.29) is 5.91 Å². The molecule has 2 aliphatic heterocycles. The van der Waals surface area contributed by atoms with E-state index in [1.165, 1.54) is 0 Å². The van der Waals surface area contributed by atoms with Crippen LogP contribution in [0.5, 0.6) is 5.75 Å². The normalized spacial score (nSPS) is 14.8. The Morgan fingerprint density at radius 2 is 2.25 bits per heavy atom. The van der Waals surface area contributed by atoms with Gasteiger partial charge in [-0.2, -0.15) is 10.1 Å². The number of hydrogen-bond acceptors (Lipinski definition) is 7. The molecule has 0 saturated carbocycles. The molecule has 1 amide bonds. The molecule has 10 nitrogen and oxygen atoms in total. The summed E-state index contributed by atoms with van der Waals surface area (Å²) in [4.78, 5) is 22.9. The van der Waals surface area contributed by atoms with E-state index in [0.717, 1.165) is 46.9 Å². The van der Waals surface area contributed by atoms with Crippen LogP contribution in [0.15, 0.2) is 35.2 Å². The number of rotatable bonds is 5. The molecule has 162 valence electrons. The van der Waals surface area contributed by atoms with Gasteiger partial charge in [-0.1, -0.05) is 5.16 Å². The topological polar surface area (TPSA) is 115 Å². The van der Waals surface area contributed by atoms with Crippen molar-refractivity contribution < 1.29 is 14.1 Å². The summed E-state index contributed by atoms with van der Waals surface area (Å²) in [5.41, 5.74) is 5.60. The lowest BCUT2D eigenvalue weighted by molar-refractivity contribution is -0.127. The third-order valence-corrected chi connectivity index (χ3v) is 6.12. The van der Waals surface area contributed by atoms with Crippen molar-refractivity contribution in [3.05, 3.63) is 47.9 Å². The zero-order valence-electron chi connectivity index (χ0n) is 17.5. The fraction of sp³-hybridized carbons (Fsp3) is 0.318. The molecule has 0 spiro atoms. The Balaban J connectivity index is 1.35. The maximum atomic E-state index is 11.8. The van der Waals surface area contributed by atoms with Crippen molar-refractivity contribution in [3.8, 4) is 34.2 Å². The molecule has 10 heteroatoms. The Bertz CT molecular complexity index is 1320. The standard InChI is InChI=1S/C22H21N7O3/c1-31-14-4-5-16-15(10-14)20-13(11-24-26-20)9-17-21(23-12-29(16)17)22-25-18(32-27-22)6-8-28-7-2-3-19(28)30/h4-5,10-12H,2-3,6-9H2,1H3,(H,24,26). The summed E-state index contributed by atoms with van der Waals surface area (Å²) < 4.78 is 13.0. The molecule has 3 aromatic heterocycles. The Morgan fingerprint density at radius 1 is 1.31 bits per heavy atom. The summed E-state index contributed by atoms with van der Waals surface area (Å²) >= 11 is 0. The van der Waals surface area contributed by atoms with Crippen LogP contribution in [0, 0.1) is 0 Å². The number of H-pyrrole nitrogens is 1. The first-order valence-electron chi connectivity index (χ1n) is 10.6. The smallest absolute Gasteiger partial charge is 0.228 e. The SMILES string of the molecule is COc1ccc2c(c1)-c1[nH]ncc1Cc1c(-c3noc(CCN4CCCC4=O)n3)ncn1-2. The van der Waals surface area contributed by atoms with Gasteiger partial charge < -0.3 is 18.7 Å². The molecule has 4 aromatic rings. The summed E-state index contributed by atoms with van der Waals surface area (Å²) in [6.07, 6.45) is 6.30. The van der Waals surface area contributed by atoms with Gasteiger partial charge in [-0.3, -0.25) is 9.89 Å². The summed E-state index contributed by atoms with van der Waals surface area (Å²) in [6.45, 7) is 1.39. The van der Waals surface area contributed by atoms with Gasteiger partial charge >= 0.3 is 0 Å². The number of ether oxygens (including phenoxy) is 1. The number of imidazole rings is 1. The minimum atomic E-state index is 0.190. The van der Waals surface area contributed by atoms with Gasteiger partial charge in [0.1, 0.15) is 17.8 Å². The van der Waals surface area contributed by atoms with E-state index in [0.29, 0.717) is 43.2 Å². The van der Waals surface area contributed by atoms with Crippen molar-refractivity contribution in [1.82, 2.24) is 34.8 Å². The molecule has 1 fully saturated rings. The third-order valence-electron chi connectivity index (χ3n) is 6.12. The van der Waals surface area contributed by atoms with E-state index in [2.05, 4.69) is 29.9 Å². The summed E-state index contributed by atoms with van der Waals surface area (Å²) in [5, 5.41) is 11.6. The van der Waals surface area contributed by atoms with Crippen molar-refractivity contribution in [2.45, 2.75) is 25.7 Å². The van der Waals surface area contributed by atoms with Crippen molar-refractivity contribution in [2.75, 3.05) is 20.2 Å². The Labute approximate surface area is 183 Å². The van der Waals surface area contributed by atoms with Gasteiger partial charge in [0.05, 0.1) is 30.4 Å². The van der Waals surface area contributed by atoms with Gasteiger partial charge in [0.25, 0.3) is 0 Å². The maximum Gasteiger partial charge on any atom is 0.228 e. The highest BCUT2D eigenvalue weighted by Crippen LogP contribution is 2.38. The van der Waals surface area contributed by atoms with Crippen molar-refractivity contribution in [2.24, 2.45) is 0 Å². The van der Waals surface area contributed by atoms with Crippen LogP contribution >= 0.6 is 0 Å². The predicted octanol–water partition coefficient (Wildman–Crippen LogP) is 2.39. The van der Waals surface area contributed by atoms with E-state index in [1.54, 1.807) is 13.4 Å². The Morgan fingerprint density at radius 3 is 3.09 bits per heavy atom. The second kappa shape index (κ2) is 7.33. The van der Waals surface area contributed by atoms with Crippen LogP contribution in [-0.2, 0) is 17.6 Å². The number of amides is 1. The largest absolute Gasteiger partial charge is 0.497 e. The van der Waals surface area contributed by atoms with Gasteiger partial charge in [-0.05, 0) is 24.6 Å². The molecule has 2 aliphatic rings.